The molecular formula is C20H21F3N4O2. The fourth-order valence-corrected chi connectivity index (χ4v) is 2.87. The lowest BCUT2D eigenvalue weighted by molar-refractivity contribution is -0.274. The molecule has 0 fully saturated rings. The number of imidazole rings is 1. The van der Waals surface area contributed by atoms with Gasteiger partial charge in [0.15, 0.2) is 11.5 Å². The first-order valence-corrected chi connectivity index (χ1v) is 8.94. The van der Waals surface area contributed by atoms with Gasteiger partial charge in [-0.1, -0.05) is 32.9 Å². The molecule has 0 aliphatic carbocycles. The highest BCUT2D eigenvalue weighted by molar-refractivity contribution is 5.94. The summed E-state index contributed by atoms with van der Waals surface area (Å²) in [7, 11) is 0. The van der Waals surface area contributed by atoms with Crippen LogP contribution in [0, 0.1) is 12.3 Å². The van der Waals surface area contributed by atoms with Crippen LogP contribution in [-0.4, -0.2) is 26.9 Å². The zero-order valence-corrected chi connectivity index (χ0v) is 16.5. The Labute approximate surface area is 165 Å². The zero-order chi connectivity index (χ0) is 21.4. The number of benzene rings is 1. The van der Waals surface area contributed by atoms with E-state index < -0.39 is 6.36 Å². The van der Waals surface area contributed by atoms with Crippen molar-refractivity contribution in [3.63, 3.8) is 0 Å². The quantitative estimate of drug-likeness (QED) is 0.664. The van der Waals surface area contributed by atoms with Gasteiger partial charge in [0, 0.05) is 12.0 Å². The monoisotopic (exact) mass is 406 g/mol. The molecule has 0 aliphatic rings. The lowest BCUT2D eigenvalue weighted by Crippen LogP contribution is -2.20. The minimum atomic E-state index is -4.81. The maximum absolute atomic E-state index is 12.6. The number of hydrogen-bond donors (Lipinski definition) is 1. The smallest absolute Gasteiger partial charge is 0.406 e. The molecule has 2 heterocycles. The highest BCUT2D eigenvalue weighted by Crippen LogP contribution is 2.33. The average molecular weight is 406 g/mol. The first kappa shape index (κ1) is 20.6. The number of carbonyl (C=O) groups excluding carboxylic acids is 1. The Hall–Kier alpha value is -3.10. The van der Waals surface area contributed by atoms with Crippen molar-refractivity contribution in [1.29, 1.82) is 0 Å². The second-order valence-corrected chi connectivity index (χ2v) is 7.91. The number of nitrogens with one attached hydrogen (secondary N) is 1. The molecule has 3 rings (SSSR count). The van der Waals surface area contributed by atoms with Crippen molar-refractivity contribution >= 4 is 17.4 Å². The van der Waals surface area contributed by atoms with E-state index in [1.807, 2.05) is 20.8 Å². The van der Waals surface area contributed by atoms with Gasteiger partial charge in [0.25, 0.3) is 0 Å². The van der Waals surface area contributed by atoms with Gasteiger partial charge in [0.2, 0.25) is 5.91 Å². The first-order chi connectivity index (χ1) is 13.4. The molecule has 0 bridgehead atoms. The van der Waals surface area contributed by atoms with E-state index in [2.05, 4.69) is 20.1 Å². The third kappa shape index (κ3) is 5.24. The van der Waals surface area contributed by atoms with Crippen molar-refractivity contribution in [2.45, 2.75) is 40.5 Å². The predicted molar refractivity (Wildman–Crippen MR) is 103 cm³/mol. The zero-order valence-electron chi connectivity index (χ0n) is 16.5. The number of carbonyl (C=O) groups is 1. The fraction of sp³-hybridized carbons (Fsp3) is 0.350. The van der Waals surface area contributed by atoms with Gasteiger partial charge >= 0.3 is 6.36 Å². The number of fused-ring (bicyclic) bond motifs is 1. The van der Waals surface area contributed by atoms with E-state index >= 15 is 0 Å². The molecule has 1 aromatic carbocycles. The lowest BCUT2D eigenvalue weighted by atomic mass is 9.92. The maximum atomic E-state index is 12.6. The van der Waals surface area contributed by atoms with Crippen LogP contribution in [0.5, 0.6) is 5.75 Å². The number of anilines is 1. The minimum absolute atomic E-state index is 0.224. The van der Waals surface area contributed by atoms with Crippen molar-refractivity contribution < 1.29 is 22.7 Å². The molecule has 3 aromatic rings. The normalized spacial score (nSPS) is 12.2. The van der Waals surface area contributed by atoms with E-state index in [0.29, 0.717) is 22.6 Å². The standard InChI is InChI=1S/C20H21F3N4O2/c1-12-8-9-15-24-18(25-16(28)11-19(2,3)4)17(27(15)26-12)13-6-5-7-14(10-13)29-20(21,22)23/h5-10H,11H2,1-4H3,(H,25,28). The van der Waals surface area contributed by atoms with Gasteiger partial charge in [0.05, 0.1) is 5.69 Å². The summed E-state index contributed by atoms with van der Waals surface area (Å²) in [6, 6.07) is 8.97. The molecule has 1 amide bonds. The van der Waals surface area contributed by atoms with Crippen LogP contribution in [0.2, 0.25) is 0 Å². The molecule has 29 heavy (non-hydrogen) atoms. The number of aryl methyl sites for hydroxylation is 1. The first-order valence-electron chi connectivity index (χ1n) is 8.94. The van der Waals surface area contributed by atoms with Gasteiger partial charge in [-0.25, -0.2) is 9.50 Å². The van der Waals surface area contributed by atoms with Gasteiger partial charge in [0.1, 0.15) is 11.4 Å². The van der Waals surface area contributed by atoms with Crippen LogP contribution in [-0.2, 0) is 4.79 Å². The van der Waals surface area contributed by atoms with E-state index in [-0.39, 0.29) is 29.3 Å². The van der Waals surface area contributed by atoms with Crippen LogP contribution in [0.15, 0.2) is 36.4 Å². The van der Waals surface area contributed by atoms with Crippen molar-refractivity contribution in [1.82, 2.24) is 14.6 Å². The molecule has 1 N–H and O–H groups in total. The Kier molecular flexibility index (Phi) is 5.25. The number of nitrogens with zero attached hydrogens (tertiary/aromatic N) is 3. The molecule has 0 atom stereocenters. The van der Waals surface area contributed by atoms with Gasteiger partial charge in [-0.3, -0.25) is 4.79 Å². The Bertz CT molecular complexity index is 1050. The van der Waals surface area contributed by atoms with Crippen LogP contribution in [0.25, 0.3) is 16.9 Å². The lowest BCUT2D eigenvalue weighted by Gasteiger charge is -2.17. The van der Waals surface area contributed by atoms with Crippen LogP contribution in [0.3, 0.4) is 0 Å². The average Bonchev–Trinajstić information content (AvgIpc) is 2.88. The summed E-state index contributed by atoms with van der Waals surface area (Å²) in [6.45, 7) is 7.57. The number of hydrogen-bond acceptors (Lipinski definition) is 4. The SMILES string of the molecule is Cc1ccc2nc(NC(=O)CC(C)(C)C)c(-c3cccc(OC(F)(F)F)c3)n2n1. The molecule has 154 valence electrons. The van der Waals surface area contributed by atoms with Crippen LogP contribution in [0.4, 0.5) is 19.0 Å². The largest absolute Gasteiger partial charge is 0.573 e. The van der Waals surface area contributed by atoms with E-state index in [0.717, 1.165) is 0 Å². The van der Waals surface area contributed by atoms with Crippen molar-refractivity contribution in [3.05, 3.63) is 42.1 Å². The molecule has 6 nitrogen and oxygen atoms in total. The number of rotatable bonds is 4. The van der Waals surface area contributed by atoms with Crippen molar-refractivity contribution in [3.8, 4) is 17.0 Å². The Morgan fingerprint density at radius 3 is 2.55 bits per heavy atom. The number of ether oxygens (including phenoxy) is 1. The van der Waals surface area contributed by atoms with Gasteiger partial charge < -0.3 is 10.1 Å². The minimum Gasteiger partial charge on any atom is -0.406 e. The molecule has 0 aliphatic heterocycles. The Balaban J connectivity index is 2.09. The Morgan fingerprint density at radius 2 is 1.90 bits per heavy atom. The van der Waals surface area contributed by atoms with Gasteiger partial charge in [-0.2, -0.15) is 5.10 Å². The van der Waals surface area contributed by atoms with Crippen LogP contribution < -0.4 is 10.1 Å². The molecule has 9 heteroatoms. The highest BCUT2D eigenvalue weighted by Gasteiger charge is 2.31. The summed E-state index contributed by atoms with van der Waals surface area (Å²) >= 11 is 0. The molecule has 0 unspecified atom stereocenters. The van der Waals surface area contributed by atoms with E-state index in [1.165, 1.54) is 22.7 Å². The molecular weight excluding hydrogens is 385 g/mol. The molecule has 2 aromatic heterocycles. The number of halogens is 3. The predicted octanol–water partition coefficient (Wildman–Crippen LogP) is 4.98. The van der Waals surface area contributed by atoms with Crippen LogP contribution >= 0.6 is 0 Å². The van der Waals surface area contributed by atoms with E-state index in [4.69, 9.17) is 0 Å². The third-order valence-electron chi connectivity index (χ3n) is 3.90. The summed E-state index contributed by atoms with van der Waals surface area (Å²) in [4.78, 5) is 16.9. The van der Waals surface area contributed by atoms with Crippen molar-refractivity contribution in [2.75, 3.05) is 5.32 Å². The maximum Gasteiger partial charge on any atom is 0.573 e. The summed E-state index contributed by atoms with van der Waals surface area (Å²) in [5.41, 5.74) is 1.66. The van der Waals surface area contributed by atoms with E-state index in [9.17, 15) is 18.0 Å². The van der Waals surface area contributed by atoms with Gasteiger partial charge in [-0.15, -0.1) is 13.2 Å². The van der Waals surface area contributed by atoms with Crippen molar-refractivity contribution in [2.24, 2.45) is 5.41 Å². The topological polar surface area (TPSA) is 68.5 Å². The molecule has 0 saturated carbocycles. The summed E-state index contributed by atoms with van der Waals surface area (Å²) in [5.74, 6) is -0.396. The summed E-state index contributed by atoms with van der Waals surface area (Å²) in [6.07, 6.45) is -4.55. The number of alkyl halides is 3. The Morgan fingerprint density at radius 1 is 1.17 bits per heavy atom. The number of aromatic nitrogens is 3. The highest BCUT2D eigenvalue weighted by atomic mass is 19.4. The second kappa shape index (κ2) is 7.38. The summed E-state index contributed by atoms with van der Waals surface area (Å²) < 4.78 is 43.4. The van der Waals surface area contributed by atoms with Crippen LogP contribution in [0.1, 0.15) is 32.9 Å². The summed E-state index contributed by atoms with van der Waals surface area (Å²) in [5, 5.41) is 7.17. The molecule has 0 saturated heterocycles. The number of amides is 1. The van der Waals surface area contributed by atoms with Gasteiger partial charge in [-0.05, 0) is 36.6 Å². The molecule has 0 spiro atoms. The second-order valence-electron chi connectivity index (χ2n) is 7.91. The third-order valence-corrected chi connectivity index (χ3v) is 3.90. The van der Waals surface area contributed by atoms with E-state index in [1.54, 1.807) is 25.1 Å². The molecule has 0 radical (unpaired) electrons. The fourth-order valence-electron chi connectivity index (χ4n) is 2.87.